The first-order valence-corrected chi connectivity index (χ1v) is 8.61. The molecule has 2 fully saturated rings. The van der Waals surface area contributed by atoms with Crippen molar-refractivity contribution >= 4 is 17.2 Å². The first-order valence-electron chi connectivity index (χ1n) is 8.61. The number of carbonyl (C=O) groups excluding carboxylic acids is 1. The van der Waals surface area contributed by atoms with Crippen LogP contribution in [0.3, 0.4) is 0 Å². The van der Waals surface area contributed by atoms with E-state index in [0.29, 0.717) is 11.9 Å². The smallest absolute Gasteiger partial charge is 0.228 e. The number of piperidine rings is 2. The Morgan fingerprint density at radius 2 is 2.18 bits per heavy atom. The van der Waals surface area contributed by atoms with Crippen LogP contribution in [0, 0.1) is 5.41 Å². The molecule has 1 aromatic carbocycles. The molecular weight excluding hydrogens is 272 g/mol. The summed E-state index contributed by atoms with van der Waals surface area (Å²) in [7, 11) is 0. The average molecular weight is 294 g/mol. The van der Waals surface area contributed by atoms with E-state index >= 15 is 0 Å². The van der Waals surface area contributed by atoms with E-state index in [2.05, 4.69) is 47.1 Å². The minimum Gasteiger partial charge on any atom is -0.303 e. The Kier molecular flexibility index (Phi) is 2.48. The van der Waals surface area contributed by atoms with Crippen molar-refractivity contribution in [1.82, 2.24) is 4.90 Å². The van der Waals surface area contributed by atoms with E-state index in [1.54, 1.807) is 0 Å². The van der Waals surface area contributed by atoms with Gasteiger partial charge in [-0.3, -0.25) is 9.69 Å². The van der Waals surface area contributed by atoms with E-state index in [4.69, 9.17) is 0 Å². The van der Waals surface area contributed by atoms with Crippen LogP contribution in [-0.2, 0) is 4.79 Å². The molecule has 114 valence electrons. The summed E-state index contributed by atoms with van der Waals surface area (Å²) in [5.74, 6) is 0.336. The van der Waals surface area contributed by atoms with Crippen LogP contribution in [0.2, 0.25) is 0 Å². The standard InChI is InChI=1S/C19H22N2O/c1-2-19-9-5-10-20-11-8-14-13-6-3-4-7-15(13)21(16(22)12-19)17(14)18(19)20/h3-4,6-8,17-18H,2,5,9-12H2,1H3/t17-,18+,19-/m1/s1. The zero-order valence-corrected chi connectivity index (χ0v) is 13.1. The van der Waals surface area contributed by atoms with Crippen LogP contribution in [0.4, 0.5) is 5.69 Å². The molecule has 1 amide bonds. The highest BCUT2D eigenvalue weighted by molar-refractivity contribution is 6.06. The van der Waals surface area contributed by atoms with Crippen molar-refractivity contribution in [3.8, 4) is 0 Å². The molecule has 22 heavy (non-hydrogen) atoms. The summed E-state index contributed by atoms with van der Waals surface area (Å²) in [6, 6.07) is 9.24. The fraction of sp³-hybridized carbons (Fsp3) is 0.526. The van der Waals surface area contributed by atoms with Gasteiger partial charge in [0.05, 0.1) is 11.7 Å². The Morgan fingerprint density at radius 3 is 3.05 bits per heavy atom. The first-order chi connectivity index (χ1) is 10.7. The van der Waals surface area contributed by atoms with Gasteiger partial charge in [0.25, 0.3) is 0 Å². The second-order valence-electron chi connectivity index (χ2n) is 7.32. The van der Waals surface area contributed by atoms with Gasteiger partial charge in [0, 0.05) is 24.6 Å². The van der Waals surface area contributed by atoms with Gasteiger partial charge < -0.3 is 4.90 Å². The topological polar surface area (TPSA) is 23.6 Å². The van der Waals surface area contributed by atoms with Gasteiger partial charge in [-0.05, 0) is 42.9 Å². The Morgan fingerprint density at radius 1 is 1.32 bits per heavy atom. The quantitative estimate of drug-likeness (QED) is 0.795. The molecule has 0 aromatic heterocycles. The molecule has 1 aromatic rings. The molecule has 0 saturated carbocycles. The van der Waals surface area contributed by atoms with Crippen molar-refractivity contribution in [3.63, 3.8) is 0 Å². The van der Waals surface area contributed by atoms with Crippen LogP contribution >= 0.6 is 0 Å². The van der Waals surface area contributed by atoms with Crippen LogP contribution in [-0.4, -0.2) is 36.0 Å². The third kappa shape index (κ3) is 1.38. The Hall–Kier alpha value is -1.61. The number of rotatable bonds is 1. The summed E-state index contributed by atoms with van der Waals surface area (Å²) < 4.78 is 0. The molecule has 3 heteroatoms. The maximum absolute atomic E-state index is 13.0. The van der Waals surface area contributed by atoms with E-state index in [-0.39, 0.29) is 11.5 Å². The third-order valence-electron chi connectivity index (χ3n) is 6.53. The summed E-state index contributed by atoms with van der Waals surface area (Å²) in [6.07, 6.45) is 6.67. The fourth-order valence-electron chi connectivity index (χ4n) is 5.56. The highest BCUT2D eigenvalue weighted by Gasteiger charge is 2.59. The third-order valence-corrected chi connectivity index (χ3v) is 6.53. The van der Waals surface area contributed by atoms with Gasteiger partial charge in [-0.2, -0.15) is 0 Å². The summed E-state index contributed by atoms with van der Waals surface area (Å²) in [5.41, 5.74) is 4.03. The van der Waals surface area contributed by atoms with Crippen molar-refractivity contribution in [2.24, 2.45) is 5.41 Å². The number of fused-ring (bicyclic) bond motifs is 3. The molecule has 4 heterocycles. The van der Waals surface area contributed by atoms with Crippen LogP contribution in [0.1, 0.15) is 38.2 Å². The first kappa shape index (κ1) is 12.9. The van der Waals surface area contributed by atoms with Gasteiger partial charge in [-0.1, -0.05) is 31.2 Å². The summed E-state index contributed by atoms with van der Waals surface area (Å²) in [6.45, 7) is 4.52. The Bertz CT molecular complexity index is 694. The molecule has 4 aliphatic heterocycles. The monoisotopic (exact) mass is 294 g/mol. The van der Waals surface area contributed by atoms with Crippen LogP contribution in [0.15, 0.2) is 30.3 Å². The number of hydrogen-bond donors (Lipinski definition) is 0. The predicted octanol–water partition coefficient (Wildman–Crippen LogP) is 3.06. The lowest BCUT2D eigenvalue weighted by Crippen LogP contribution is -2.68. The lowest BCUT2D eigenvalue weighted by Gasteiger charge is -2.58. The van der Waals surface area contributed by atoms with E-state index in [1.807, 2.05) is 0 Å². The fourth-order valence-corrected chi connectivity index (χ4v) is 5.56. The zero-order chi connectivity index (χ0) is 14.9. The molecule has 0 aliphatic carbocycles. The molecule has 4 aliphatic rings. The lowest BCUT2D eigenvalue weighted by molar-refractivity contribution is -0.129. The lowest BCUT2D eigenvalue weighted by atomic mass is 9.62. The zero-order valence-electron chi connectivity index (χ0n) is 13.1. The number of benzene rings is 1. The largest absolute Gasteiger partial charge is 0.303 e. The molecule has 0 unspecified atom stereocenters. The van der Waals surface area contributed by atoms with Gasteiger partial charge in [-0.25, -0.2) is 0 Å². The number of carbonyl (C=O) groups is 1. The van der Waals surface area contributed by atoms with Gasteiger partial charge in [0.15, 0.2) is 0 Å². The second kappa shape index (κ2) is 4.23. The number of nitrogens with zero attached hydrogens (tertiary/aromatic N) is 2. The van der Waals surface area contributed by atoms with Crippen molar-refractivity contribution in [2.75, 3.05) is 18.0 Å². The highest BCUT2D eigenvalue weighted by Crippen LogP contribution is 2.56. The normalized spacial score (nSPS) is 36.0. The van der Waals surface area contributed by atoms with Gasteiger partial charge >= 0.3 is 0 Å². The number of para-hydroxylation sites is 1. The van der Waals surface area contributed by atoms with Gasteiger partial charge in [0.1, 0.15) is 0 Å². The van der Waals surface area contributed by atoms with E-state index in [9.17, 15) is 4.79 Å². The van der Waals surface area contributed by atoms with Crippen molar-refractivity contribution in [2.45, 2.75) is 44.7 Å². The average Bonchev–Trinajstić information content (AvgIpc) is 2.89. The summed E-state index contributed by atoms with van der Waals surface area (Å²) in [5, 5.41) is 0. The number of hydrogen-bond acceptors (Lipinski definition) is 2. The second-order valence-corrected chi connectivity index (χ2v) is 7.32. The van der Waals surface area contributed by atoms with Crippen LogP contribution in [0.5, 0.6) is 0 Å². The molecule has 0 N–H and O–H groups in total. The molecule has 0 radical (unpaired) electrons. The molecule has 3 nitrogen and oxygen atoms in total. The van der Waals surface area contributed by atoms with Gasteiger partial charge in [-0.15, -0.1) is 0 Å². The molecule has 3 atom stereocenters. The van der Waals surface area contributed by atoms with Crippen LogP contribution < -0.4 is 4.90 Å². The SMILES string of the molecule is CC[C@@]12CCCN3CC=C4c5ccccc5N(C(=O)C1)[C@H]4[C@H]32. The number of amides is 1. The highest BCUT2D eigenvalue weighted by atomic mass is 16.2. The molecule has 2 saturated heterocycles. The minimum absolute atomic E-state index is 0.193. The van der Waals surface area contributed by atoms with E-state index < -0.39 is 0 Å². The Balaban J connectivity index is 1.74. The molecule has 0 spiro atoms. The maximum atomic E-state index is 13.0. The summed E-state index contributed by atoms with van der Waals surface area (Å²) >= 11 is 0. The van der Waals surface area contributed by atoms with Crippen molar-refractivity contribution < 1.29 is 4.79 Å². The minimum atomic E-state index is 0.193. The Labute approximate surface area is 131 Å². The van der Waals surface area contributed by atoms with Crippen LogP contribution in [0.25, 0.3) is 5.57 Å². The van der Waals surface area contributed by atoms with E-state index in [0.717, 1.165) is 25.1 Å². The van der Waals surface area contributed by atoms with Gasteiger partial charge in [0.2, 0.25) is 5.91 Å². The summed E-state index contributed by atoms with van der Waals surface area (Å²) in [4.78, 5) is 17.8. The maximum Gasteiger partial charge on any atom is 0.228 e. The van der Waals surface area contributed by atoms with Crippen molar-refractivity contribution in [3.05, 3.63) is 35.9 Å². The number of anilines is 1. The van der Waals surface area contributed by atoms with Crippen molar-refractivity contribution in [1.29, 1.82) is 0 Å². The predicted molar refractivity (Wildman–Crippen MR) is 87.6 cm³/mol. The molecule has 5 rings (SSSR count). The van der Waals surface area contributed by atoms with E-state index in [1.165, 1.54) is 30.5 Å². The molecule has 0 bridgehead atoms. The molecular formula is C19H22N2O.